The average molecular weight is 810 g/mol. The smallest absolute Gasteiger partial charge is 0.306 e. The third-order valence-corrected chi connectivity index (χ3v) is 10.6. The van der Waals surface area contributed by atoms with Gasteiger partial charge in [0.15, 0.2) is 0 Å². The minimum absolute atomic E-state index is 0.0227. The number of carbonyl (C=O) groups excluding carboxylic acids is 1. The largest absolute Gasteiger partial charge is 0.756 e. The molecule has 0 bridgehead atoms. The lowest BCUT2D eigenvalue weighted by molar-refractivity contribution is -0.870. The Kier molecular flexibility index (Phi) is 39.1. The fraction of sp³-hybridized carbons (Fsp3) is 0.809. The number of ether oxygens (including phenoxy) is 2. The second-order valence-electron chi connectivity index (χ2n) is 16.4. The number of rotatable bonds is 42. The number of phosphoric ester groups is 1. The van der Waals surface area contributed by atoms with Crippen molar-refractivity contribution < 1.29 is 37.3 Å². The highest BCUT2D eigenvalue weighted by molar-refractivity contribution is 7.45. The highest BCUT2D eigenvalue weighted by Crippen LogP contribution is 2.38. The Morgan fingerprint density at radius 3 is 1.55 bits per heavy atom. The van der Waals surface area contributed by atoms with E-state index in [0.717, 1.165) is 70.6 Å². The lowest BCUT2D eigenvalue weighted by Crippen LogP contribution is -2.37. The second kappa shape index (κ2) is 40.2. The maximum atomic E-state index is 12.7. The molecular formula is C47H88NO7P. The van der Waals surface area contributed by atoms with Crippen molar-refractivity contribution in [2.45, 2.75) is 193 Å². The highest BCUT2D eigenvalue weighted by Gasteiger charge is 2.20. The molecule has 0 amide bonds. The van der Waals surface area contributed by atoms with E-state index in [1.165, 1.54) is 96.3 Å². The molecular weight excluding hydrogens is 721 g/mol. The van der Waals surface area contributed by atoms with Crippen molar-refractivity contribution in [1.82, 2.24) is 0 Å². The van der Waals surface area contributed by atoms with E-state index in [0.29, 0.717) is 24.1 Å². The molecule has 0 aliphatic carbocycles. The molecule has 9 heteroatoms. The van der Waals surface area contributed by atoms with Gasteiger partial charge in [-0.05, 0) is 51.4 Å². The van der Waals surface area contributed by atoms with Gasteiger partial charge in [-0.1, -0.05) is 178 Å². The normalized spacial score (nSPS) is 14.2. The lowest BCUT2D eigenvalue weighted by Gasteiger charge is -2.28. The van der Waals surface area contributed by atoms with Crippen LogP contribution in [0.5, 0.6) is 0 Å². The summed E-state index contributed by atoms with van der Waals surface area (Å²) >= 11 is 0. The molecule has 0 aromatic heterocycles. The molecule has 0 aromatic carbocycles. The Labute approximate surface area is 346 Å². The first-order chi connectivity index (χ1) is 27.1. The molecule has 0 radical (unpaired) electrons. The van der Waals surface area contributed by atoms with Crippen molar-refractivity contribution in [3.63, 3.8) is 0 Å². The van der Waals surface area contributed by atoms with Gasteiger partial charge in [0, 0.05) is 13.0 Å². The van der Waals surface area contributed by atoms with Gasteiger partial charge in [-0.3, -0.25) is 9.36 Å². The number of unbranched alkanes of at least 4 members (excludes halogenated alkanes) is 20. The van der Waals surface area contributed by atoms with E-state index in [9.17, 15) is 14.3 Å². The summed E-state index contributed by atoms with van der Waals surface area (Å²) in [5.41, 5.74) is 0. The Bertz CT molecular complexity index is 1040. The van der Waals surface area contributed by atoms with E-state index in [2.05, 4.69) is 62.5 Å². The van der Waals surface area contributed by atoms with Crippen molar-refractivity contribution >= 4 is 13.8 Å². The van der Waals surface area contributed by atoms with Crippen LogP contribution < -0.4 is 4.89 Å². The van der Waals surface area contributed by atoms with Crippen LogP contribution >= 0.6 is 7.82 Å². The minimum Gasteiger partial charge on any atom is -0.756 e. The van der Waals surface area contributed by atoms with Crippen LogP contribution in [0.15, 0.2) is 48.6 Å². The van der Waals surface area contributed by atoms with E-state index in [1.54, 1.807) is 0 Å². The zero-order chi connectivity index (χ0) is 41.3. The molecule has 8 nitrogen and oxygen atoms in total. The molecule has 0 N–H and O–H groups in total. The number of likely N-dealkylation sites (N-methyl/N-ethyl adjacent to an activating group) is 1. The lowest BCUT2D eigenvalue weighted by atomic mass is 10.0. The predicted molar refractivity (Wildman–Crippen MR) is 236 cm³/mol. The molecule has 0 spiro atoms. The molecule has 328 valence electrons. The fourth-order valence-corrected chi connectivity index (χ4v) is 6.85. The standard InChI is InChI=1S/C47H88NO7P/c1-6-8-10-12-14-16-18-20-22-23-24-25-26-28-30-32-34-36-38-40-47(49)55-46(45-54-56(50,51)53-43-41-48(3,4)5)44-52-42-39-37-35-33-31-29-27-21-19-17-15-13-11-9-7-2/h8,10,14,16,20,22,24-25,46H,6-7,9,11-13,15,17-19,21,23,26-45H2,1-5H3/b10-8-,16-14-,22-20-,25-24-. The summed E-state index contributed by atoms with van der Waals surface area (Å²) in [5, 5.41) is 0. The summed E-state index contributed by atoms with van der Waals surface area (Å²) in [5.74, 6) is -0.347. The molecule has 0 aromatic rings. The van der Waals surface area contributed by atoms with Gasteiger partial charge in [0.05, 0.1) is 34.4 Å². The van der Waals surface area contributed by atoms with Crippen LogP contribution in [-0.2, 0) is 27.9 Å². The number of nitrogens with zero attached hydrogens (tertiary/aromatic N) is 1. The van der Waals surface area contributed by atoms with Crippen molar-refractivity contribution in [1.29, 1.82) is 0 Å². The van der Waals surface area contributed by atoms with Gasteiger partial charge in [0.1, 0.15) is 19.3 Å². The highest BCUT2D eigenvalue weighted by atomic mass is 31.2. The van der Waals surface area contributed by atoms with Gasteiger partial charge in [0.2, 0.25) is 0 Å². The Balaban J connectivity index is 4.24. The molecule has 0 heterocycles. The monoisotopic (exact) mass is 810 g/mol. The van der Waals surface area contributed by atoms with Crippen molar-refractivity contribution in [2.24, 2.45) is 0 Å². The number of phosphoric acid groups is 1. The van der Waals surface area contributed by atoms with Crippen LogP contribution in [0.3, 0.4) is 0 Å². The SMILES string of the molecule is CC/C=C\C/C=C\C/C=C\C/C=C\CCCCCCCCC(=O)OC(COCCCCCCCCCCCCCCCCC)COP(=O)([O-])OCC[N+](C)(C)C. The summed E-state index contributed by atoms with van der Waals surface area (Å²) in [6.07, 6.45) is 48.3. The fourth-order valence-electron chi connectivity index (χ4n) is 6.13. The van der Waals surface area contributed by atoms with Gasteiger partial charge in [-0.25, -0.2) is 0 Å². The maximum absolute atomic E-state index is 12.7. The molecule has 0 aliphatic heterocycles. The molecule has 0 aliphatic rings. The molecule has 0 saturated heterocycles. The Morgan fingerprint density at radius 1 is 0.571 bits per heavy atom. The molecule has 2 unspecified atom stereocenters. The van der Waals surface area contributed by atoms with Gasteiger partial charge in [-0.15, -0.1) is 0 Å². The van der Waals surface area contributed by atoms with Crippen LogP contribution in [0.1, 0.15) is 187 Å². The Morgan fingerprint density at radius 2 is 1.04 bits per heavy atom. The van der Waals surface area contributed by atoms with E-state index < -0.39 is 13.9 Å². The molecule has 2 atom stereocenters. The topological polar surface area (TPSA) is 94.1 Å². The minimum atomic E-state index is -4.53. The molecule has 0 saturated carbocycles. The van der Waals surface area contributed by atoms with Gasteiger partial charge >= 0.3 is 5.97 Å². The first-order valence-corrected chi connectivity index (χ1v) is 24.3. The van der Waals surface area contributed by atoms with Crippen molar-refractivity contribution in [2.75, 3.05) is 54.1 Å². The van der Waals surface area contributed by atoms with Gasteiger partial charge < -0.3 is 27.9 Å². The van der Waals surface area contributed by atoms with Crippen molar-refractivity contribution in [3.8, 4) is 0 Å². The zero-order valence-electron chi connectivity index (χ0n) is 37.1. The third kappa shape index (κ3) is 43.6. The number of hydrogen-bond acceptors (Lipinski definition) is 7. The number of esters is 1. The van der Waals surface area contributed by atoms with Crippen molar-refractivity contribution in [3.05, 3.63) is 48.6 Å². The number of quaternary nitrogens is 1. The summed E-state index contributed by atoms with van der Waals surface area (Å²) in [6.45, 7) is 5.30. The zero-order valence-corrected chi connectivity index (χ0v) is 38.0. The van der Waals surface area contributed by atoms with Crippen LogP contribution in [0.25, 0.3) is 0 Å². The van der Waals surface area contributed by atoms with Crippen LogP contribution in [0, 0.1) is 0 Å². The molecule has 0 rings (SSSR count). The van der Waals surface area contributed by atoms with E-state index in [4.69, 9.17) is 18.5 Å². The maximum Gasteiger partial charge on any atom is 0.306 e. The predicted octanol–water partition coefficient (Wildman–Crippen LogP) is 12.9. The quantitative estimate of drug-likeness (QED) is 0.0199. The average Bonchev–Trinajstić information content (AvgIpc) is 3.15. The summed E-state index contributed by atoms with van der Waals surface area (Å²) in [4.78, 5) is 25.1. The number of hydrogen-bond donors (Lipinski definition) is 0. The number of carbonyl (C=O) groups is 1. The van der Waals surface area contributed by atoms with E-state index in [-0.39, 0.29) is 25.8 Å². The molecule has 56 heavy (non-hydrogen) atoms. The first kappa shape index (κ1) is 54.5. The summed E-state index contributed by atoms with van der Waals surface area (Å²) < 4.78 is 34.6. The second-order valence-corrected chi connectivity index (χ2v) is 17.8. The number of allylic oxidation sites excluding steroid dienone is 8. The third-order valence-electron chi connectivity index (χ3n) is 9.64. The van der Waals surface area contributed by atoms with Gasteiger partial charge in [-0.2, -0.15) is 0 Å². The van der Waals surface area contributed by atoms with Crippen LogP contribution in [0.2, 0.25) is 0 Å². The van der Waals surface area contributed by atoms with Crippen LogP contribution in [0.4, 0.5) is 0 Å². The van der Waals surface area contributed by atoms with E-state index >= 15 is 0 Å². The first-order valence-electron chi connectivity index (χ1n) is 22.9. The van der Waals surface area contributed by atoms with E-state index in [1.807, 2.05) is 21.1 Å². The molecule has 0 fully saturated rings. The Hall–Kier alpha value is -1.54. The summed E-state index contributed by atoms with van der Waals surface area (Å²) in [7, 11) is 1.35. The summed E-state index contributed by atoms with van der Waals surface area (Å²) in [6, 6.07) is 0. The van der Waals surface area contributed by atoms with Gasteiger partial charge in [0.25, 0.3) is 7.82 Å². The van der Waals surface area contributed by atoms with Crippen LogP contribution in [-0.4, -0.2) is 70.7 Å².